The number of piperidine rings is 1. The van der Waals surface area contributed by atoms with Gasteiger partial charge in [0.2, 0.25) is 5.91 Å². The quantitative estimate of drug-likeness (QED) is 0.646. The second-order valence-electron chi connectivity index (χ2n) is 7.17. The third-order valence-corrected chi connectivity index (χ3v) is 6.97. The fraction of sp³-hybridized carbons (Fsp3) is 0.333. The molecule has 1 aliphatic heterocycles. The highest BCUT2D eigenvalue weighted by Gasteiger charge is 2.27. The van der Waals surface area contributed by atoms with Gasteiger partial charge in [0.1, 0.15) is 5.82 Å². The number of carbonyl (C=O) groups excluding carboxylic acids is 1. The molecule has 0 bridgehead atoms. The van der Waals surface area contributed by atoms with Gasteiger partial charge in [0, 0.05) is 47.1 Å². The Hall–Kier alpha value is -2.45. The fourth-order valence-electron chi connectivity index (χ4n) is 3.41. The van der Waals surface area contributed by atoms with Crippen LogP contribution in [0.15, 0.2) is 51.4 Å². The molecule has 0 aliphatic carbocycles. The summed E-state index contributed by atoms with van der Waals surface area (Å²) in [5.74, 6) is 0.843. The van der Waals surface area contributed by atoms with E-state index in [1.807, 2.05) is 26.0 Å². The molecule has 0 radical (unpaired) electrons. The Kier molecular flexibility index (Phi) is 6.10. The first-order valence-electron chi connectivity index (χ1n) is 9.61. The summed E-state index contributed by atoms with van der Waals surface area (Å²) in [6, 6.07) is 6.12. The topological polar surface area (TPSA) is 71.0 Å². The summed E-state index contributed by atoms with van der Waals surface area (Å²) in [6.07, 6.45) is 6.97. The van der Waals surface area contributed by atoms with E-state index in [1.165, 1.54) is 0 Å². The van der Waals surface area contributed by atoms with Crippen molar-refractivity contribution >= 4 is 40.5 Å². The Bertz CT molecular complexity index is 992. The standard InChI is InChI=1S/C21H23N5OS2/c1-14-10-17(29-21-24-15(2)13-28-21)5-6-18(14)25-20(27)16-4-3-9-26(12-16)19-11-22-7-8-23-19/h5-8,10-11,13,16H,3-4,9,12H2,1-2H3,(H,25,27). The molecule has 1 atom stereocenters. The number of anilines is 2. The van der Waals surface area contributed by atoms with E-state index in [-0.39, 0.29) is 11.8 Å². The lowest BCUT2D eigenvalue weighted by atomic mass is 9.97. The van der Waals surface area contributed by atoms with Crippen molar-refractivity contribution < 1.29 is 4.79 Å². The van der Waals surface area contributed by atoms with Crippen molar-refractivity contribution in [3.63, 3.8) is 0 Å². The Labute approximate surface area is 178 Å². The molecular weight excluding hydrogens is 402 g/mol. The normalized spacial score (nSPS) is 16.6. The third kappa shape index (κ3) is 4.94. The largest absolute Gasteiger partial charge is 0.355 e. The zero-order chi connectivity index (χ0) is 20.2. The number of amides is 1. The van der Waals surface area contributed by atoms with E-state index in [1.54, 1.807) is 41.7 Å². The van der Waals surface area contributed by atoms with Crippen LogP contribution in [0, 0.1) is 19.8 Å². The zero-order valence-corrected chi connectivity index (χ0v) is 18.1. The van der Waals surface area contributed by atoms with Crippen molar-refractivity contribution in [2.45, 2.75) is 35.9 Å². The maximum Gasteiger partial charge on any atom is 0.229 e. The van der Waals surface area contributed by atoms with Crippen molar-refractivity contribution in [3.05, 3.63) is 53.4 Å². The predicted octanol–water partition coefficient (Wildman–Crippen LogP) is 4.56. The van der Waals surface area contributed by atoms with Crippen LogP contribution in [0.25, 0.3) is 0 Å². The number of hydrogen-bond acceptors (Lipinski definition) is 7. The first-order chi connectivity index (χ1) is 14.1. The van der Waals surface area contributed by atoms with Crippen molar-refractivity contribution in [2.24, 2.45) is 5.92 Å². The summed E-state index contributed by atoms with van der Waals surface area (Å²) in [4.78, 5) is 29.2. The second-order valence-corrected chi connectivity index (χ2v) is 9.35. The summed E-state index contributed by atoms with van der Waals surface area (Å²) in [7, 11) is 0. The van der Waals surface area contributed by atoms with Gasteiger partial charge in [0.25, 0.3) is 0 Å². The molecule has 6 nitrogen and oxygen atoms in total. The monoisotopic (exact) mass is 425 g/mol. The molecule has 0 saturated carbocycles. The Morgan fingerprint density at radius 1 is 1.31 bits per heavy atom. The van der Waals surface area contributed by atoms with Gasteiger partial charge in [0.05, 0.1) is 12.1 Å². The number of nitrogens with zero attached hydrogens (tertiary/aromatic N) is 4. The second kappa shape index (κ2) is 8.92. The molecule has 150 valence electrons. The zero-order valence-electron chi connectivity index (χ0n) is 16.5. The molecule has 1 saturated heterocycles. The van der Waals surface area contributed by atoms with E-state index in [2.05, 4.69) is 36.6 Å². The molecule has 8 heteroatoms. The molecule has 1 aromatic carbocycles. The van der Waals surface area contributed by atoms with Gasteiger partial charge in [-0.05, 0) is 50.5 Å². The Balaban J connectivity index is 1.40. The SMILES string of the molecule is Cc1csc(Sc2ccc(NC(=O)C3CCCN(c4cnccn4)C3)c(C)c2)n1. The van der Waals surface area contributed by atoms with Crippen LogP contribution in [0.4, 0.5) is 11.5 Å². The summed E-state index contributed by atoms with van der Waals surface area (Å²) < 4.78 is 1.03. The van der Waals surface area contributed by atoms with E-state index >= 15 is 0 Å². The fourth-order valence-corrected chi connectivity index (χ4v) is 5.32. The number of thiazole rings is 1. The van der Waals surface area contributed by atoms with Crippen LogP contribution in [0.5, 0.6) is 0 Å². The minimum absolute atomic E-state index is 0.0579. The highest BCUT2D eigenvalue weighted by molar-refractivity contribution is 8.01. The summed E-state index contributed by atoms with van der Waals surface area (Å²) >= 11 is 3.30. The van der Waals surface area contributed by atoms with E-state index < -0.39 is 0 Å². The molecule has 1 fully saturated rings. The summed E-state index contributed by atoms with van der Waals surface area (Å²) in [5, 5.41) is 5.18. The van der Waals surface area contributed by atoms with Crippen LogP contribution in [0.1, 0.15) is 24.1 Å². The number of carbonyl (C=O) groups is 1. The van der Waals surface area contributed by atoms with Crippen molar-refractivity contribution in [1.82, 2.24) is 15.0 Å². The van der Waals surface area contributed by atoms with Crippen LogP contribution in [-0.2, 0) is 4.79 Å². The molecule has 3 aromatic rings. The van der Waals surface area contributed by atoms with E-state index in [0.29, 0.717) is 6.54 Å². The van der Waals surface area contributed by atoms with E-state index in [9.17, 15) is 4.79 Å². The average Bonchev–Trinajstić information content (AvgIpc) is 3.15. The maximum atomic E-state index is 12.9. The number of benzene rings is 1. The molecule has 4 rings (SSSR count). The molecule has 2 aromatic heterocycles. The molecule has 1 unspecified atom stereocenters. The van der Waals surface area contributed by atoms with Gasteiger partial charge in [-0.25, -0.2) is 9.97 Å². The van der Waals surface area contributed by atoms with Crippen LogP contribution in [0.2, 0.25) is 0 Å². The highest BCUT2D eigenvalue weighted by Crippen LogP contribution is 2.32. The lowest BCUT2D eigenvalue weighted by molar-refractivity contribution is -0.120. The van der Waals surface area contributed by atoms with Crippen LogP contribution >= 0.6 is 23.1 Å². The van der Waals surface area contributed by atoms with Crippen LogP contribution in [0.3, 0.4) is 0 Å². The molecular formula is C21H23N5OS2. The van der Waals surface area contributed by atoms with Gasteiger partial charge >= 0.3 is 0 Å². The van der Waals surface area contributed by atoms with Gasteiger partial charge < -0.3 is 10.2 Å². The van der Waals surface area contributed by atoms with Gasteiger partial charge in [-0.1, -0.05) is 11.8 Å². The maximum absolute atomic E-state index is 12.9. The minimum atomic E-state index is -0.0579. The van der Waals surface area contributed by atoms with E-state index in [4.69, 9.17) is 0 Å². The minimum Gasteiger partial charge on any atom is -0.355 e. The number of rotatable bonds is 5. The number of aromatic nitrogens is 3. The molecule has 1 amide bonds. The summed E-state index contributed by atoms with van der Waals surface area (Å²) in [6.45, 7) is 5.60. The number of nitrogens with one attached hydrogen (secondary N) is 1. The van der Waals surface area contributed by atoms with Gasteiger partial charge in [0.15, 0.2) is 4.34 Å². The number of aryl methyl sites for hydroxylation is 2. The highest BCUT2D eigenvalue weighted by atomic mass is 32.2. The van der Waals surface area contributed by atoms with Crippen molar-refractivity contribution in [1.29, 1.82) is 0 Å². The Morgan fingerprint density at radius 2 is 2.21 bits per heavy atom. The van der Waals surface area contributed by atoms with Gasteiger partial charge in [-0.2, -0.15) is 0 Å². The van der Waals surface area contributed by atoms with Gasteiger partial charge in [-0.15, -0.1) is 11.3 Å². The first-order valence-corrected chi connectivity index (χ1v) is 11.3. The lowest BCUT2D eigenvalue weighted by Gasteiger charge is -2.32. The molecule has 1 N–H and O–H groups in total. The predicted molar refractivity (Wildman–Crippen MR) is 118 cm³/mol. The van der Waals surface area contributed by atoms with Crippen molar-refractivity contribution in [3.8, 4) is 0 Å². The molecule has 3 heterocycles. The third-order valence-electron chi connectivity index (χ3n) is 4.92. The molecule has 1 aliphatic rings. The van der Waals surface area contributed by atoms with Crippen LogP contribution in [-0.4, -0.2) is 33.9 Å². The Morgan fingerprint density at radius 3 is 2.93 bits per heavy atom. The molecule has 29 heavy (non-hydrogen) atoms. The lowest BCUT2D eigenvalue weighted by Crippen LogP contribution is -2.41. The van der Waals surface area contributed by atoms with Crippen molar-refractivity contribution in [2.75, 3.05) is 23.3 Å². The number of hydrogen-bond donors (Lipinski definition) is 1. The molecule has 0 spiro atoms. The first kappa shape index (κ1) is 19.8. The average molecular weight is 426 g/mol. The van der Waals surface area contributed by atoms with Crippen LogP contribution < -0.4 is 10.2 Å². The summed E-state index contributed by atoms with van der Waals surface area (Å²) in [5.41, 5.74) is 2.96. The smallest absolute Gasteiger partial charge is 0.229 e. The van der Waals surface area contributed by atoms with E-state index in [0.717, 1.165) is 51.4 Å². The van der Waals surface area contributed by atoms with Gasteiger partial charge in [-0.3, -0.25) is 9.78 Å².